The molecule has 0 radical (unpaired) electrons. The van der Waals surface area contributed by atoms with Crippen LogP contribution in [0, 0.1) is 17.6 Å². The van der Waals surface area contributed by atoms with Crippen molar-refractivity contribution in [1.29, 1.82) is 0 Å². The van der Waals surface area contributed by atoms with E-state index in [-0.39, 0.29) is 44.5 Å². The van der Waals surface area contributed by atoms with E-state index in [9.17, 15) is 28.3 Å². The molecule has 13 heteroatoms. The van der Waals surface area contributed by atoms with Gasteiger partial charge in [0.25, 0.3) is 5.91 Å². The second-order valence-corrected chi connectivity index (χ2v) is 10.1. The average molecular weight is 586 g/mol. The van der Waals surface area contributed by atoms with Crippen molar-refractivity contribution in [2.75, 3.05) is 6.54 Å². The third-order valence-electron chi connectivity index (χ3n) is 6.41. The fourth-order valence-electron chi connectivity index (χ4n) is 4.54. The first kappa shape index (κ1) is 27.9. The van der Waals surface area contributed by atoms with Crippen LogP contribution < -0.4 is 0 Å². The molecule has 200 valence electrons. The van der Waals surface area contributed by atoms with Crippen molar-refractivity contribution in [3.8, 4) is 0 Å². The molecule has 3 aromatic rings. The molecule has 0 aliphatic heterocycles. The molecule has 1 aliphatic rings. The number of carbonyl (C=O) groups is 3. The number of halogens is 5. The number of carboxylic acids is 1. The highest BCUT2D eigenvalue weighted by Gasteiger charge is 2.31. The average Bonchev–Trinajstić information content (AvgIpc) is 3.23. The lowest BCUT2D eigenvalue weighted by atomic mass is 9.86. The van der Waals surface area contributed by atoms with E-state index in [1.165, 1.54) is 23.3 Å². The number of rotatable bonds is 8. The van der Waals surface area contributed by atoms with Crippen molar-refractivity contribution in [2.24, 2.45) is 5.92 Å². The molecular formula is C25H21Cl3F2N4O4. The van der Waals surface area contributed by atoms with Gasteiger partial charge in [0, 0.05) is 25.0 Å². The van der Waals surface area contributed by atoms with Crippen LogP contribution in [0.2, 0.25) is 15.2 Å². The third-order valence-corrected chi connectivity index (χ3v) is 7.36. The second-order valence-electron chi connectivity index (χ2n) is 8.98. The first-order chi connectivity index (χ1) is 18.0. The molecule has 0 spiro atoms. The normalized spacial score (nSPS) is 17.3. The number of hydrogen-bond acceptors (Lipinski definition) is 5. The zero-order valence-corrected chi connectivity index (χ0v) is 22.0. The number of aliphatic carboxylic acids is 1. The molecule has 2 aromatic heterocycles. The Balaban J connectivity index is 1.62. The van der Waals surface area contributed by atoms with Crippen LogP contribution in [0.15, 0.2) is 36.8 Å². The Labute approximate surface area is 231 Å². The first-order valence-electron chi connectivity index (χ1n) is 11.6. The maximum Gasteiger partial charge on any atom is 0.306 e. The summed E-state index contributed by atoms with van der Waals surface area (Å²) >= 11 is 18.8. The van der Waals surface area contributed by atoms with Crippen LogP contribution in [0.25, 0.3) is 0 Å². The number of nitrogens with zero attached hydrogens (tertiary/aromatic N) is 4. The summed E-state index contributed by atoms with van der Waals surface area (Å²) in [5, 5.41) is 13.5. The van der Waals surface area contributed by atoms with E-state index in [1.54, 1.807) is 0 Å². The Kier molecular flexibility index (Phi) is 8.64. The van der Waals surface area contributed by atoms with Crippen LogP contribution in [-0.4, -0.2) is 49.0 Å². The van der Waals surface area contributed by atoms with Crippen LogP contribution >= 0.6 is 34.8 Å². The minimum Gasteiger partial charge on any atom is -0.481 e. The summed E-state index contributed by atoms with van der Waals surface area (Å²) in [6.07, 6.45) is 5.62. The standard InChI is InChI=1S/C25H21Cl3F2N4O4/c26-19-9-31-10-20(27)22(19)21(35)12-33(11-13-5-15(29)7-16(30)6-13)24(36)18-8-32-34(23(18)28)17-3-1-14(2-4-17)25(37)38/h5-10,14,17H,1-4,11-12H2,(H,37,38). The van der Waals surface area contributed by atoms with Gasteiger partial charge in [-0.3, -0.25) is 24.0 Å². The molecular weight excluding hydrogens is 565 g/mol. The van der Waals surface area contributed by atoms with Crippen molar-refractivity contribution in [3.05, 3.63) is 80.3 Å². The number of amides is 1. The summed E-state index contributed by atoms with van der Waals surface area (Å²) in [4.78, 5) is 42.9. The Morgan fingerprint density at radius 1 is 0.974 bits per heavy atom. The van der Waals surface area contributed by atoms with Gasteiger partial charge in [-0.05, 0) is 43.4 Å². The van der Waals surface area contributed by atoms with Crippen molar-refractivity contribution >= 4 is 52.5 Å². The summed E-state index contributed by atoms with van der Waals surface area (Å²) in [6.45, 7) is -0.865. The Morgan fingerprint density at radius 3 is 2.16 bits per heavy atom. The fourth-order valence-corrected chi connectivity index (χ4v) is 5.42. The highest BCUT2D eigenvalue weighted by atomic mass is 35.5. The topological polar surface area (TPSA) is 105 Å². The molecule has 1 aromatic carbocycles. The van der Waals surface area contributed by atoms with Crippen LogP contribution in [-0.2, 0) is 11.3 Å². The van der Waals surface area contributed by atoms with Gasteiger partial charge >= 0.3 is 5.97 Å². The van der Waals surface area contributed by atoms with E-state index in [4.69, 9.17) is 34.8 Å². The number of Topliss-reactive ketones (excluding diaryl/α,β-unsaturated/α-hetero) is 1. The van der Waals surface area contributed by atoms with Crippen molar-refractivity contribution in [2.45, 2.75) is 38.3 Å². The van der Waals surface area contributed by atoms with Crippen LogP contribution in [0.3, 0.4) is 0 Å². The van der Waals surface area contributed by atoms with Crippen LogP contribution in [0.4, 0.5) is 8.78 Å². The number of carbonyl (C=O) groups excluding carboxylic acids is 2. The molecule has 0 bridgehead atoms. The van der Waals surface area contributed by atoms with E-state index in [1.807, 2.05) is 0 Å². The van der Waals surface area contributed by atoms with E-state index in [2.05, 4.69) is 10.1 Å². The van der Waals surface area contributed by atoms with Gasteiger partial charge in [-0.25, -0.2) is 8.78 Å². The summed E-state index contributed by atoms with van der Waals surface area (Å²) in [5.41, 5.74) is 0.0261. The lowest BCUT2D eigenvalue weighted by Crippen LogP contribution is -2.35. The minimum absolute atomic E-state index is 0.0108. The summed E-state index contributed by atoms with van der Waals surface area (Å²) < 4.78 is 29.2. The predicted octanol–water partition coefficient (Wildman–Crippen LogP) is 5.86. The molecule has 0 unspecified atom stereocenters. The van der Waals surface area contributed by atoms with Gasteiger partial charge in [0.15, 0.2) is 5.78 Å². The van der Waals surface area contributed by atoms with Crippen LogP contribution in [0.1, 0.15) is 58.0 Å². The predicted molar refractivity (Wildman–Crippen MR) is 136 cm³/mol. The van der Waals surface area contributed by atoms with E-state index in [0.717, 1.165) is 17.0 Å². The van der Waals surface area contributed by atoms with Crippen LogP contribution in [0.5, 0.6) is 0 Å². The number of benzene rings is 1. The lowest BCUT2D eigenvalue weighted by Gasteiger charge is -2.27. The highest BCUT2D eigenvalue weighted by molar-refractivity contribution is 6.39. The number of carboxylic acid groups (broad SMARTS) is 1. The second kappa shape index (κ2) is 11.8. The van der Waals surface area contributed by atoms with E-state index < -0.39 is 41.8 Å². The van der Waals surface area contributed by atoms with Gasteiger partial charge in [-0.15, -0.1) is 0 Å². The van der Waals surface area contributed by atoms with Gasteiger partial charge in [0.1, 0.15) is 16.8 Å². The highest BCUT2D eigenvalue weighted by Crippen LogP contribution is 2.35. The van der Waals surface area contributed by atoms with Crippen molar-refractivity contribution in [1.82, 2.24) is 19.7 Å². The number of pyridine rings is 1. The SMILES string of the molecule is O=C(CN(Cc1cc(F)cc(F)c1)C(=O)c1cnn(C2CCC(C(=O)O)CC2)c1Cl)c1c(Cl)cncc1Cl. The molecule has 2 heterocycles. The lowest BCUT2D eigenvalue weighted by molar-refractivity contribution is -0.143. The van der Waals surface area contributed by atoms with E-state index >= 15 is 0 Å². The smallest absolute Gasteiger partial charge is 0.306 e. The molecule has 8 nitrogen and oxygen atoms in total. The molecule has 1 amide bonds. The first-order valence-corrected chi connectivity index (χ1v) is 12.7. The number of hydrogen-bond donors (Lipinski definition) is 1. The van der Waals surface area contributed by atoms with Gasteiger partial charge in [0.05, 0.1) is 45.9 Å². The quantitative estimate of drug-likeness (QED) is 0.332. The maximum atomic E-state index is 13.9. The van der Waals surface area contributed by atoms with Gasteiger partial charge < -0.3 is 10.0 Å². The zero-order chi connectivity index (χ0) is 27.6. The Hall–Kier alpha value is -3.08. The zero-order valence-electron chi connectivity index (χ0n) is 19.7. The molecule has 38 heavy (non-hydrogen) atoms. The number of aromatic nitrogens is 3. The monoisotopic (exact) mass is 584 g/mol. The molecule has 1 saturated carbocycles. The maximum absolute atomic E-state index is 13.9. The Morgan fingerprint density at radius 2 is 1.58 bits per heavy atom. The summed E-state index contributed by atoms with van der Waals surface area (Å²) in [5.74, 6) is -4.32. The summed E-state index contributed by atoms with van der Waals surface area (Å²) in [6, 6.07) is 2.58. The van der Waals surface area contributed by atoms with Gasteiger partial charge in [-0.1, -0.05) is 34.8 Å². The molecule has 1 fully saturated rings. The van der Waals surface area contributed by atoms with Gasteiger partial charge in [-0.2, -0.15) is 5.10 Å². The third kappa shape index (κ3) is 6.14. The molecule has 0 saturated heterocycles. The molecule has 4 rings (SSSR count). The van der Waals surface area contributed by atoms with Crippen molar-refractivity contribution in [3.63, 3.8) is 0 Å². The molecule has 0 atom stereocenters. The van der Waals surface area contributed by atoms with Gasteiger partial charge in [0.2, 0.25) is 0 Å². The fraction of sp³-hybridized carbons (Fsp3) is 0.320. The largest absolute Gasteiger partial charge is 0.481 e. The summed E-state index contributed by atoms with van der Waals surface area (Å²) in [7, 11) is 0. The van der Waals surface area contributed by atoms with Crippen molar-refractivity contribution < 1.29 is 28.3 Å². The minimum atomic E-state index is -0.852. The molecule has 1 aliphatic carbocycles. The molecule has 1 N–H and O–H groups in total. The number of ketones is 1. The van der Waals surface area contributed by atoms with E-state index in [0.29, 0.717) is 31.7 Å². The Bertz CT molecular complexity index is 1350.